The second-order valence-corrected chi connectivity index (χ2v) is 14.1. The van der Waals surface area contributed by atoms with Crippen molar-refractivity contribution in [1.29, 1.82) is 0 Å². The summed E-state index contributed by atoms with van der Waals surface area (Å²) in [7, 11) is 0. The van der Waals surface area contributed by atoms with E-state index in [2.05, 4.69) is 181 Å². The lowest BCUT2D eigenvalue weighted by atomic mass is 9.98. The summed E-state index contributed by atoms with van der Waals surface area (Å²) in [4.78, 5) is 2.36. The molecule has 55 heavy (non-hydrogen) atoms. The fraction of sp³-hybridized carbons (Fsp3) is 0. The fourth-order valence-corrected chi connectivity index (χ4v) is 8.16. The first kappa shape index (κ1) is 31.2. The molecule has 3 heteroatoms. The second kappa shape index (κ2) is 12.6. The summed E-state index contributed by atoms with van der Waals surface area (Å²) in [5, 5.41) is 6.95. The normalized spacial score (nSPS) is 11.6. The minimum absolute atomic E-state index is 0.907. The molecule has 0 fully saturated rings. The minimum atomic E-state index is 0.907. The van der Waals surface area contributed by atoms with Crippen molar-refractivity contribution in [2.24, 2.45) is 0 Å². The number of anilines is 3. The van der Waals surface area contributed by atoms with E-state index in [1.54, 1.807) is 0 Å². The van der Waals surface area contributed by atoms with E-state index in [-0.39, 0.29) is 0 Å². The van der Waals surface area contributed by atoms with Crippen LogP contribution >= 0.6 is 0 Å². The van der Waals surface area contributed by atoms with Crippen molar-refractivity contribution in [1.82, 2.24) is 0 Å². The largest absolute Gasteiger partial charge is 0.456 e. The molecule has 2 aromatic heterocycles. The number of nitrogens with zero attached hydrogens (tertiary/aromatic N) is 1. The number of furan rings is 2. The maximum atomic E-state index is 6.39. The Kier molecular flexibility index (Phi) is 7.17. The summed E-state index contributed by atoms with van der Waals surface area (Å²) >= 11 is 0. The van der Waals surface area contributed by atoms with E-state index in [4.69, 9.17) is 8.83 Å². The van der Waals surface area contributed by atoms with Gasteiger partial charge in [-0.1, -0.05) is 146 Å². The summed E-state index contributed by atoms with van der Waals surface area (Å²) in [5.74, 6) is 0. The lowest BCUT2D eigenvalue weighted by Crippen LogP contribution is -2.10. The van der Waals surface area contributed by atoms with Gasteiger partial charge in [-0.15, -0.1) is 0 Å². The third kappa shape index (κ3) is 5.28. The molecule has 0 unspecified atom stereocenters. The third-order valence-corrected chi connectivity index (χ3v) is 10.9. The molecule has 0 aliphatic heterocycles. The molecule has 0 atom stereocenters. The van der Waals surface area contributed by atoms with Gasteiger partial charge in [-0.05, 0) is 87.8 Å². The number of fused-ring (bicyclic) bond motifs is 7. The molecule has 3 nitrogen and oxygen atoms in total. The van der Waals surface area contributed by atoms with Gasteiger partial charge in [-0.3, -0.25) is 0 Å². The molecule has 11 rings (SSSR count). The highest BCUT2D eigenvalue weighted by molar-refractivity contribution is 6.10. The molecule has 0 aliphatic rings. The van der Waals surface area contributed by atoms with Gasteiger partial charge in [0.25, 0.3) is 0 Å². The SMILES string of the molecule is c1ccc2c(N(c3ccc(-c4ccc(-c5ccc6oc7ccccc7c6c5)cc4)cc3)c3ccc(-c4cccc5c4oc4ccccc45)cc3)cccc2c1. The standard InChI is InChI=1S/C52H33NO2/c1-2-11-42-37(9-1)10-7-16-48(42)53(41-30-25-38(26-31-41)43-14-8-15-46-44-12-3-6-18-50(44)55-52(43)46)40-28-23-35(24-29-40)34-19-21-36(22-20-34)39-27-32-51-47(33-39)45-13-4-5-17-49(45)54-51/h1-33H. The number of benzene rings is 9. The van der Waals surface area contributed by atoms with Gasteiger partial charge in [0.2, 0.25) is 0 Å². The highest BCUT2D eigenvalue weighted by Crippen LogP contribution is 2.42. The van der Waals surface area contributed by atoms with Crippen LogP contribution in [0.4, 0.5) is 17.1 Å². The number of para-hydroxylation sites is 3. The van der Waals surface area contributed by atoms with E-state index in [9.17, 15) is 0 Å². The van der Waals surface area contributed by atoms with Crippen LogP contribution < -0.4 is 4.90 Å². The summed E-state index contributed by atoms with van der Waals surface area (Å²) in [6.07, 6.45) is 0. The van der Waals surface area contributed by atoms with Crippen molar-refractivity contribution in [3.8, 4) is 33.4 Å². The van der Waals surface area contributed by atoms with Crippen LogP contribution in [0.15, 0.2) is 209 Å². The predicted molar refractivity (Wildman–Crippen MR) is 229 cm³/mol. The Hall–Kier alpha value is -7.36. The van der Waals surface area contributed by atoms with E-state index in [1.807, 2.05) is 24.3 Å². The van der Waals surface area contributed by atoms with Crippen LogP contribution in [-0.4, -0.2) is 0 Å². The molecule has 0 bridgehead atoms. The Morgan fingerprint density at radius 3 is 1.53 bits per heavy atom. The lowest BCUT2D eigenvalue weighted by Gasteiger charge is -2.27. The average molecular weight is 704 g/mol. The van der Waals surface area contributed by atoms with Gasteiger partial charge in [0.05, 0.1) is 5.69 Å². The molecule has 9 aromatic carbocycles. The maximum absolute atomic E-state index is 6.39. The highest BCUT2D eigenvalue weighted by atomic mass is 16.3. The molecular formula is C52H33NO2. The molecule has 0 saturated heterocycles. The van der Waals surface area contributed by atoms with Crippen LogP contribution in [0.1, 0.15) is 0 Å². The van der Waals surface area contributed by atoms with E-state index in [0.717, 1.165) is 72.1 Å². The molecule has 2 heterocycles. The molecule has 11 aromatic rings. The van der Waals surface area contributed by atoms with Crippen molar-refractivity contribution < 1.29 is 8.83 Å². The molecule has 0 saturated carbocycles. The van der Waals surface area contributed by atoms with Crippen LogP contribution in [-0.2, 0) is 0 Å². The first-order valence-electron chi connectivity index (χ1n) is 18.7. The first-order valence-corrected chi connectivity index (χ1v) is 18.7. The summed E-state index contributed by atoms with van der Waals surface area (Å²) < 4.78 is 12.5. The van der Waals surface area contributed by atoms with Crippen LogP contribution in [0.3, 0.4) is 0 Å². The average Bonchev–Trinajstić information content (AvgIpc) is 3.83. The van der Waals surface area contributed by atoms with Crippen LogP contribution in [0.2, 0.25) is 0 Å². The zero-order valence-corrected chi connectivity index (χ0v) is 29.8. The molecule has 0 radical (unpaired) electrons. The van der Waals surface area contributed by atoms with E-state index in [0.29, 0.717) is 0 Å². The predicted octanol–water partition coefficient (Wildman–Crippen LogP) is 15.1. The van der Waals surface area contributed by atoms with Crippen molar-refractivity contribution in [3.05, 3.63) is 200 Å². The Morgan fingerprint density at radius 2 is 0.800 bits per heavy atom. The first-order chi connectivity index (χ1) is 27.2. The van der Waals surface area contributed by atoms with E-state index < -0.39 is 0 Å². The third-order valence-electron chi connectivity index (χ3n) is 10.9. The molecular weight excluding hydrogens is 671 g/mol. The summed E-state index contributed by atoms with van der Waals surface area (Å²) in [6.45, 7) is 0. The van der Waals surface area contributed by atoms with E-state index >= 15 is 0 Å². The quantitative estimate of drug-likeness (QED) is 0.173. The van der Waals surface area contributed by atoms with Gasteiger partial charge in [0, 0.05) is 43.9 Å². The number of rotatable bonds is 6. The van der Waals surface area contributed by atoms with Gasteiger partial charge in [-0.2, -0.15) is 0 Å². The minimum Gasteiger partial charge on any atom is -0.456 e. The zero-order valence-electron chi connectivity index (χ0n) is 29.8. The highest BCUT2D eigenvalue weighted by Gasteiger charge is 2.17. The van der Waals surface area contributed by atoms with Crippen LogP contribution in [0.5, 0.6) is 0 Å². The Balaban J connectivity index is 0.946. The number of hydrogen-bond acceptors (Lipinski definition) is 3. The summed E-state index contributed by atoms with van der Waals surface area (Å²) in [5.41, 5.74) is 13.8. The van der Waals surface area contributed by atoms with Gasteiger partial charge in [0.15, 0.2) is 0 Å². The van der Waals surface area contributed by atoms with Crippen LogP contribution in [0.25, 0.3) is 88.0 Å². The second-order valence-electron chi connectivity index (χ2n) is 14.1. The van der Waals surface area contributed by atoms with Crippen molar-refractivity contribution in [2.75, 3.05) is 4.90 Å². The van der Waals surface area contributed by atoms with Gasteiger partial charge in [0.1, 0.15) is 22.3 Å². The number of hydrogen-bond donors (Lipinski definition) is 0. The molecule has 0 spiro atoms. The topological polar surface area (TPSA) is 29.5 Å². The smallest absolute Gasteiger partial charge is 0.143 e. The van der Waals surface area contributed by atoms with Crippen molar-refractivity contribution >= 4 is 71.7 Å². The Bertz CT molecular complexity index is 3180. The molecule has 0 amide bonds. The van der Waals surface area contributed by atoms with Crippen molar-refractivity contribution in [2.45, 2.75) is 0 Å². The fourth-order valence-electron chi connectivity index (χ4n) is 8.16. The van der Waals surface area contributed by atoms with Gasteiger partial charge < -0.3 is 13.7 Å². The summed E-state index contributed by atoms with van der Waals surface area (Å²) in [6, 6.07) is 71.1. The monoisotopic (exact) mass is 703 g/mol. The lowest BCUT2D eigenvalue weighted by molar-refractivity contribution is 0.669. The zero-order chi connectivity index (χ0) is 36.3. The van der Waals surface area contributed by atoms with E-state index in [1.165, 1.54) is 33.0 Å². The Morgan fingerprint density at radius 1 is 0.309 bits per heavy atom. The van der Waals surface area contributed by atoms with Gasteiger partial charge >= 0.3 is 0 Å². The molecule has 258 valence electrons. The Labute approximate surface area is 317 Å². The van der Waals surface area contributed by atoms with Gasteiger partial charge in [-0.25, -0.2) is 0 Å². The molecule has 0 N–H and O–H groups in total. The maximum Gasteiger partial charge on any atom is 0.143 e. The van der Waals surface area contributed by atoms with Crippen molar-refractivity contribution in [3.63, 3.8) is 0 Å². The van der Waals surface area contributed by atoms with Crippen LogP contribution in [0, 0.1) is 0 Å². The molecule has 0 aliphatic carbocycles.